The van der Waals surface area contributed by atoms with E-state index < -0.39 is 0 Å². The van der Waals surface area contributed by atoms with E-state index in [1.165, 1.54) is 0 Å². The highest BCUT2D eigenvalue weighted by atomic mass is 16.5. The minimum absolute atomic E-state index is 0.155. The summed E-state index contributed by atoms with van der Waals surface area (Å²) in [6, 6.07) is 0.220. The zero-order valence-electron chi connectivity index (χ0n) is 11.1. The third-order valence-electron chi connectivity index (χ3n) is 3.63. The lowest BCUT2D eigenvalue weighted by atomic mass is 10.0. The Morgan fingerprint density at radius 3 is 2.88 bits per heavy atom. The molecule has 1 amide bonds. The van der Waals surface area contributed by atoms with Crippen molar-refractivity contribution in [2.24, 2.45) is 11.7 Å². The van der Waals surface area contributed by atoms with Crippen molar-refractivity contribution in [3.05, 3.63) is 0 Å². The van der Waals surface area contributed by atoms with E-state index in [0.717, 1.165) is 32.1 Å². The van der Waals surface area contributed by atoms with Crippen LogP contribution in [0.2, 0.25) is 0 Å². The number of amides is 1. The smallest absolute Gasteiger partial charge is 0.220 e. The van der Waals surface area contributed by atoms with Crippen LogP contribution in [0.1, 0.15) is 45.4 Å². The number of nitrogens with two attached hydrogens (primary N) is 1. The summed E-state index contributed by atoms with van der Waals surface area (Å²) >= 11 is 0. The van der Waals surface area contributed by atoms with Gasteiger partial charge in [0.25, 0.3) is 0 Å². The molecular weight excluding hydrogens is 216 g/mol. The number of rotatable bonds is 7. The van der Waals surface area contributed by atoms with Gasteiger partial charge in [-0.2, -0.15) is 0 Å². The van der Waals surface area contributed by atoms with Crippen LogP contribution in [0.5, 0.6) is 0 Å². The van der Waals surface area contributed by atoms with Crippen molar-refractivity contribution in [3.63, 3.8) is 0 Å². The normalized spacial score (nSPS) is 25.8. The quantitative estimate of drug-likeness (QED) is 0.710. The lowest BCUT2D eigenvalue weighted by Gasteiger charge is -2.20. The third-order valence-corrected chi connectivity index (χ3v) is 3.63. The highest BCUT2D eigenvalue weighted by Crippen LogP contribution is 2.21. The van der Waals surface area contributed by atoms with Gasteiger partial charge in [-0.25, -0.2) is 0 Å². The Morgan fingerprint density at radius 1 is 1.47 bits per heavy atom. The molecule has 100 valence electrons. The van der Waals surface area contributed by atoms with Gasteiger partial charge in [-0.3, -0.25) is 4.79 Å². The Kier molecular flexibility index (Phi) is 6.52. The maximum absolute atomic E-state index is 11.8. The first-order valence-electron chi connectivity index (χ1n) is 6.69. The van der Waals surface area contributed by atoms with E-state index in [2.05, 4.69) is 12.2 Å². The zero-order chi connectivity index (χ0) is 12.7. The van der Waals surface area contributed by atoms with Gasteiger partial charge in [0.05, 0.1) is 12.1 Å². The van der Waals surface area contributed by atoms with E-state index in [9.17, 15) is 4.79 Å². The van der Waals surface area contributed by atoms with Crippen LogP contribution in [0.4, 0.5) is 0 Å². The molecule has 0 aromatic carbocycles. The summed E-state index contributed by atoms with van der Waals surface area (Å²) in [5.74, 6) is 0.690. The van der Waals surface area contributed by atoms with Crippen molar-refractivity contribution in [1.29, 1.82) is 0 Å². The van der Waals surface area contributed by atoms with Crippen LogP contribution in [0.3, 0.4) is 0 Å². The number of hydrogen-bond donors (Lipinski definition) is 2. The van der Waals surface area contributed by atoms with Gasteiger partial charge < -0.3 is 15.8 Å². The molecule has 4 heteroatoms. The number of carbonyl (C=O) groups excluding carboxylic acids is 1. The highest BCUT2D eigenvalue weighted by Gasteiger charge is 2.28. The molecule has 0 heterocycles. The van der Waals surface area contributed by atoms with Crippen LogP contribution >= 0.6 is 0 Å². The summed E-state index contributed by atoms with van der Waals surface area (Å²) in [6.07, 6.45) is 5.99. The van der Waals surface area contributed by atoms with Crippen LogP contribution in [0, 0.1) is 5.92 Å². The summed E-state index contributed by atoms with van der Waals surface area (Å²) in [6.45, 7) is 2.85. The summed E-state index contributed by atoms with van der Waals surface area (Å²) < 4.78 is 5.36. The van der Waals surface area contributed by atoms with Crippen LogP contribution in [-0.4, -0.2) is 31.7 Å². The summed E-state index contributed by atoms with van der Waals surface area (Å²) in [5, 5.41) is 3.08. The van der Waals surface area contributed by atoms with Crippen molar-refractivity contribution in [2.75, 3.05) is 13.7 Å². The maximum atomic E-state index is 11.8. The molecule has 0 radical (unpaired) electrons. The Labute approximate surface area is 104 Å². The van der Waals surface area contributed by atoms with Crippen LogP contribution < -0.4 is 11.1 Å². The lowest BCUT2D eigenvalue weighted by molar-refractivity contribution is -0.122. The predicted molar refractivity (Wildman–Crippen MR) is 68.6 cm³/mol. The fraction of sp³-hybridized carbons (Fsp3) is 0.923. The molecule has 3 unspecified atom stereocenters. The highest BCUT2D eigenvalue weighted by molar-refractivity contribution is 5.76. The second-order valence-electron chi connectivity index (χ2n) is 5.10. The number of methoxy groups -OCH3 is 1. The largest absolute Gasteiger partial charge is 0.379 e. The summed E-state index contributed by atoms with van der Waals surface area (Å²) in [4.78, 5) is 11.8. The Morgan fingerprint density at radius 2 is 2.24 bits per heavy atom. The van der Waals surface area contributed by atoms with Crippen LogP contribution in [-0.2, 0) is 9.53 Å². The van der Waals surface area contributed by atoms with Crippen molar-refractivity contribution in [1.82, 2.24) is 5.32 Å². The molecule has 0 aliphatic heterocycles. The predicted octanol–water partition coefficient (Wildman–Crippen LogP) is 1.44. The van der Waals surface area contributed by atoms with Crippen molar-refractivity contribution >= 4 is 5.91 Å². The topological polar surface area (TPSA) is 64.3 Å². The van der Waals surface area contributed by atoms with E-state index in [0.29, 0.717) is 18.9 Å². The maximum Gasteiger partial charge on any atom is 0.220 e. The fourth-order valence-corrected chi connectivity index (χ4v) is 2.46. The molecule has 1 aliphatic rings. The molecule has 0 spiro atoms. The first-order chi connectivity index (χ1) is 8.17. The van der Waals surface area contributed by atoms with Crippen LogP contribution in [0.15, 0.2) is 0 Å². The van der Waals surface area contributed by atoms with E-state index >= 15 is 0 Å². The fourth-order valence-electron chi connectivity index (χ4n) is 2.46. The molecule has 17 heavy (non-hydrogen) atoms. The van der Waals surface area contributed by atoms with Gasteiger partial charge in [-0.05, 0) is 44.6 Å². The third kappa shape index (κ3) is 5.04. The molecule has 3 atom stereocenters. The number of ether oxygens (including phenoxy) is 1. The lowest BCUT2D eigenvalue weighted by Crippen LogP contribution is -2.40. The second kappa shape index (κ2) is 7.67. The molecule has 1 saturated carbocycles. The summed E-state index contributed by atoms with van der Waals surface area (Å²) in [5.41, 5.74) is 5.49. The van der Waals surface area contributed by atoms with Crippen molar-refractivity contribution in [2.45, 2.75) is 57.6 Å². The summed E-state index contributed by atoms with van der Waals surface area (Å²) in [7, 11) is 1.72. The van der Waals surface area contributed by atoms with Gasteiger partial charge in [0.2, 0.25) is 5.91 Å². The van der Waals surface area contributed by atoms with Gasteiger partial charge in [0, 0.05) is 13.5 Å². The SMILES string of the molecule is COC1CCCC1NC(=O)CCC(C)CCN. The van der Waals surface area contributed by atoms with Gasteiger partial charge in [0.15, 0.2) is 0 Å². The molecule has 0 aromatic rings. The molecule has 0 aromatic heterocycles. The monoisotopic (exact) mass is 242 g/mol. The average Bonchev–Trinajstić information content (AvgIpc) is 2.74. The van der Waals surface area contributed by atoms with Crippen molar-refractivity contribution in [3.8, 4) is 0 Å². The first-order valence-corrected chi connectivity index (χ1v) is 6.69. The van der Waals surface area contributed by atoms with Crippen LogP contribution in [0.25, 0.3) is 0 Å². The Hall–Kier alpha value is -0.610. The second-order valence-corrected chi connectivity index (χ2v) is 5.10. The number of nitrogens with one attached hydrogen (secondary N) is 1. The standard InChI is InChI=1S/C13H26N2O2/c1-10(8-9-14)6-7-13(16)15-11-4-3-5-12(11)17-2/h10-12H,3-9,14H2,1-2H3,(H,15,16). The molecule has 0 saturated heterocycles. The minimum atomic E-state index is 0.155. The molecule has 3 N–H and O–H groups in total. The minimum Gasteiger partial charge on any atom is -0.379 e. The molecule has 1 rings (SSSR count). The molecule has 0 bridgehead atoms. The van der Waals surface area contributed by atoms with Gasteiger partial charge in [0.1, 0.15) is 0 Å². The molecular formula is C13H26N2O2. The van der Waals surface area contributed by atoms with Gasteiger partial charge in [-0.1, -0.05) is 6.92 Å². The number of carbonyl (C=O) groups is 1. The van der Waals surface area contributed by atoms with E-state index in [-0.39, 0.29) is 18.1 Å². The Balaban J connectivity index is 2.20. The Bertz CT molecular complexity index is 233. The molecule has 1 fully saturated rings. The average molecular weight is 242 g/mol. The van der Waals surface area contributed by atoms with E-state index in [1.54, 1.807) is 7.11 Å². The molecule has 1 aliphatic carbocycles. The molecule has 4 nitrogen and oxygen atoms in total. The number of hydrogen-bond acceptors (Lipinski definition) is 3. The zero-order valence-corrected chi connectivity index (χ0v) is 11.1. The first kappa shape index (κ1) is 14.5. The van der Waals surface area contributed by atoms with E-state index in [1.807, 2.05) is 0 Å². The van der Waals surface area contributed by atoms with Gasteiger partial charge in [-0.15, -0.1) is 0 Å². The van der Waals surface area contributed by atoms with E-state index in [4.69, 9.17) is 10.5 Å². The van der Waals surface area contributed by atoms with Gasteiger partial charge >= 0.3 is 0 Å². The van der Waals surface area contributed by atoms with Crippen molar-refractivity contribution < 1.29 is 9.53 Å².